The van der Waals surface area contributed by atoms with Gasteiger partial charge < -0.3 is 15.4 Å². The van der Waals surface area contributed by atoms with Crippen LogP contribution in [0.25, 0.3) is 10.8 Å². The number of thiocarbonyl (C=S) groups is 1. The second-order valence-electron chi connectivity index (χ2n) is 7.12. The van der Waals surface area contributed by atoms with E-state index in [4.69, 9.17) is 28.6 Å². The van der Waals surface area contributed by atoms with E-state index in [0.29, 0.717) is 34.1 Å². The molecule has 0 saturated heterocycles. The molecule has 3 N–H and O–H groups in total. The Bertz CT molecular complexity index is 1170. The molecule has 2 amide bonds. The van der Waals surface area contributed by atoms with Crippen LogP contribution in [0.1, 0.15) is 36.5 Å². The lowest BCUT2D eigenvalue weighted by atomic mass is 10.0. The largest absolute Gasteiger partial charge is 0.494 e. The maximum Gasteiger partial charge on any atom is 0.258 e. The Balaban J connectivity index is 1.69. The number of nitrogens with one attached hydrogen (secondary N) is 3. The number of methoxy groups -OCH3 is 1. The van der Waals surface area contributed by atoms with E-state index in [1.165, 1.54) is 7.11 Å². The highest BCUT2D eigenvalue weighted by atomic mass is 35.5. The zero-order valence-corrected chi connectivity index (χ0v) is 19.4. The van der Waals surface area contributed by atoms with Crippen LogP contribution >= 0.6 is 23.8 Å². The molecule has 8 heteroatoms. The molecule has 0 aliphatic heterocycles. The third-order valence-electron chi connectivity index (χ3n) is 4.83. The summed E-state index contributed by atoms with van der Waals surface area (Å²) < 4.78 is 5.38. The molecule has 3 aromatic carbocycles. The number of rotatable bonds is 7. The predicted molar refractivity (Wildman–Crippen MR) is 134 cm³/mol. The summed E-state index contributed by atoms with van der Waals surface area (Å²) in [5, 5.41) is 10.8. The van der Waals surface area contributed by atoms with Gasteiger partial charge >= 0.3 is 0 Å². The molecule has 3 rings (SSSR count). The molecule has 0 heterocycles. The molecule has 166 valence electrons. The van der Waals surface area contributed by atoms with E-state index in [2.05, 4.69) is 16.0 Å². The highest BCUT2D eigenvalue weighted by molar-refractivity contribution is 7.80. The molecule has 32 heavy (non-hydrogen) atoms. The quantitative estimate of drug-likeness (QED) is 0.383. The number of hydrogen-bond donors (Lipinski definition) is 3. The second kappa shape index (κ2) is 10.9. The molecule has 3 aromatic rings. The van der Waals surface area contributed by atoms with Crippen LogP contribution in [0.4, 0.5) is 11.4 Å². The van der Waals surface area contributed by atoms with Gasteiger partial charge in [0, 0.05) is 34.1 Å². The van der Waals surface area contributed by atoms with Crippen molar-refractivity contribution in [1.82, 2.24) is 5.32 Å². The van der Waals surface area contributed by atoms with Crippen molar-refractivity contribution in [2.24, 2.45) is 0 Å². The summed E-state index contributed by atoms with van der Waals surface area (Å²) >= 11 is 11.5. The van der Waals surface area contributed by atoms with E-state index in [9.17, 15) is 9.59 Å². The topological polar surface area (TPSA) is 79.5 Å². The van der Waals surface area contributed by atoms with Gasteiger partial charge in [0.2, 0.25) is 5.91 Å². The Morgan fingerprint density at radius 2 is 1.78 bits per heavy atom. The molecule has 0 fully saturated rings. The number of carbonyl (C=O) groups excluding carboxylic acids is 2. The molecule has 0 saturated carbocycles. The minimum atomic E-state index is -0.345. The fourth-order valence-corrected chi connectivity index (χ4v) is 3.67. The SMILES string of the molecule is CCCCC(=O)Nc1ccc(NC(=S)NC(=O)c2cccc3c(Cl)cccc23)cc1OC. The van der Waals surface area contributed by atoms with Gasteiger partial charge in [0.15, 0.2) is 5.11 Å². The number of unbranched alkanes of at least 4 members (excludes halogenated alkanes) is 1. The third kappa shape index (κ3) is 5.75. The van der Waals surface area contributed by atoms with Gasteiger partial charge in [-0.15, -0.1) is 0 Å². The van der Waals surface area contributed by atoms with Crippen molar-refractivity contribution in [3.63, 3.8) is 0 Å². The maximum atomic E-state index is 12.8. The summed E-state index contributed by atoms with van der Waals surface area (Å²) in [6.07, 6.45) is 2.22. The summed E-state index contributed by atoms with van der Waals surface area (Å²) in [6, 6.07) is 15.9. The molecule has 0 atom stereocenters. The van der Waals surface area contributed by atoms with Crippen molar-refractivity contribution in [3.8, 4) is 5.75 Å². The van der Waals surface area contributed by atoms with Crippen LogP contribution in [0.15, 0.2) is 54.6 Å². The Labute approximate surface area is 197 Å². The summed E-state index contributed by atoms with van der Waals surface area (Å²) in [7, 11) is 1.52. The predicted octanol–water partition coefficient (Wildman–Crippen LogP) is 5.76. The standard InChI is InChI=1S/C24H24ClN3O3S/c1-3-4-11-22(29)27-20-13-12-15(14-21(20)31-2)26-24(32)28-23(30)18-9-5-8-17-16(18)7-6-10-19(17)25/h5-10,12-14H,3-4,11H2,1-2H3,(H,27,29)(H2,26,28,30,32). The summed E-state index contributed by atoms with van der Waals surface area (Å²) in [5.41, 5.74) is 1.65. The van der Waals surface area contributed by atoms with Gasteiger partial charge in [-0.2, -0.15) is 0 Å². The molecule has 0 spiro atoms. The zero-order chi connectivity index (χ0) is 23.1. The molecule has 0 unspecified atom stereocenters. The van der Waals surface area contributed by atoms with E-state index in [1.54, 1.807) is 42.5 Å². The number of halogens is 1. The smallest absolute Gasteiger partial charge is 0.258 e. The average Bonchev–Trinajstić information content (AvgIpc) is 2.78. The fourth-order valence-electron chi connectivity index (χ4n) is 3.22. The molecule has 6 nitrogen and oxygen atoms in total. The minimum absolute atomic E-state index is 0.0659. The van der Waals surface area contributed by atoms with Crippen LogP contribution in [-0.4, -0.2) is 24.0 Å². The first kappa shape index (κ1) is 23.5. The van der Waals surface area contributed by atoms with Gasteiger partial charge in [0.05, 0.1) is 12.8 Å². The number of carbonyl (C=O) groups is 2. The second-order valence-corrected chi connectivity index (χ2v) is 7.93. The molecule has 0 aromatic heterocycles. The van der Waals surface area contributed by atoms with Crippen LogP contribution < -0.4 is 20.7 Å². The normalized spacial score (nSPS) is 10.5. The molecular weight excluding hydrogens is 446 g/mol. The lowest BCUT2D eigenvalue weighted by Gasteiger charge is -2.14. The summed E-state index contributed by atoms with van der Waals surface area (Å²) in [6.45, 7) is 2.03. The van der Waals surface area contributed by atoms with E-state index in [1.807, 2.05) is 19.1 Å². The van der Waals surface area contributed by atoms with Crippen LogP contribution in [-0.2, 0) is 4.79 Å². The van der Waals surface area contributed by atoms with Crippen molar-refractivity contribution < 1.29 is 14.3 Å². The van der Waals surface area contributed by atoms with Crippen molar-refractivity contribution in [3.05, 3.63) is 65.2 Å². The Morgan fingerprint density at radius 3 is 2.53 bits per heavy atom. The van der Waals surface area contributed by atoms with E-state index in [-0.39, 0.29) is 16.9 Å². The van der Waals surface area contributed by atoms with Gasteiger partial charge in [0.1, 0.15) is 5.75 Å². The Kier molecular flexibility index (Phi) is 8.03. The number of anilines is 2. The summed E-state index contributed by atoms with van der Waals surface area (Å²) in [4.78, 5) is 24.8. The van der Waals surface area contributed by atoms with Crippen LogP contribution in [0.2, 0.25) is 5.02 Å². The van der Waals surface area contributed by atoms with Crippen molar-refractivity contribution >= 4 is 62.9 Å². The molecule has 0 bridgehead atoms. The van der Waals surface area contributed by atoms with Gasteiger partial charge in [-0.25, -0.2) is 0 Å². The number of benzene rings is 3. The van der Waals surface area contributed by atoms with Gasteiger partial charge in [0.25, 0.3) is 5.91 Å². The zero-order valence-electron chi connectivity index (χ0n) is 17.8. The summed E-state index contributed by atoms with van der Waals surface area (Å²) in [5.74, 6) is 0.0728. The first-order valence-corrected chi connectivity index (χ1v) is 11.0. The van der Waals surface area contributed by atoms with Crippen molar-refractivity contribution in [1.29, 1.82) is 0 Å². The Morgan fingerprint density at radius 1 is 1.03 bits per heavy atom. The molecule has 0 aliphatic carbocycles. The third-order valence-corrected chi connectivity index (χ3v) is 5.37. The molecule has 0 aliphatic rings. The lowest BCUT2D eigenvalue weighted by Crippen LogP contribution is -2.34. The van der Waals surface area contributed by atoms with Crippen molar-refractivity contribution in [2.45, 2.75) is 26.2 Å². The number of ether oxygens (including phenoxy) is 1. The number of hydrogen-bond acceptors (Lipinski definition) is 4. The van der Waals surface area contributed by atoms with Gasteiger partial charge in [-0.3, -0.25) is 14.9 Å². The van der Waals surface area contributed by atoms with Gasteiger partial charge in [-0.05, 0) is 48.3 Å². The maximum absolute atomic E-state index is 12.8. The number of fused-ring (bicyclic) bond motifs is 1. The minimum Gasteiger partial charge on any atom is -0.494 e. The van der Waals surface area contributed by atoms with Crippen molar-refractivity contribution in [2.75, 3.05) is 17.7 Å². The van der Waals surface area contributed by atoms with Crippen LogP contribution in [0.5, 0.6) is 5.75 Å². The van der Waals surface area contributed by atoms with E-state index >= 15 is 0 Å². The average molecular weight is 470 g/mol. The lowest BCUT2D eigenvalue weighted by molar-refractivity contribution is -0.116. The monoisotopic (exact) mass is 469 g/mol. The van der Waals surface area contributed by atoms with Crippen LogP contribution in [0, 0.1) is 0 Å². The van der Waals surface area contributed by atoms with Crippen LogP contribution in [0.3, 0.4) is 0 Å². The van der Waals surface area contributed by atoms with Gasteiger partial charge in [-0.1, -0.05) is 49.2 Å². The first-order chi connectivity index (χ1) is 15.4. The molecular formula is C24H24ClN3O3S. The Hall–Kier alpha value is -3.16. The van der Waals surface area contributed by atoms with E-state index < -0.39 is 0 Å². The number of amides is 2. The highest BCUT2D eigenvalue weighted by Gasteiger charge is 2.14. The fraction of sp³-hybridized carbons (Fsp3) is 0.208. The molecule has 0 radical (unpaired) electrons. The highest BCUT2D eigenvalue weighted by Crippen LogP contribution is 2.29. The van der Waals surface area contributed by atoms with E-state index in [0.717, 1.165) is 23.6 Å². The first-order valence-electron chi connectivity index (χ1n) is 10.2.